The van der Waals surface area contributed by atoms with Crippen molar-refractivity contribution in [3.05, 3.63) is 0 Å². The van der Waals surface area contributed by atoms with E-state index in [1.54, 1.807) is 0 Å². The number of hydrogen-bond acceptors (Lipinski definition) is 9. The van der Waals surface area contributed by atoms with E-state index in [4.69, 9.17) is 31.2 Å². The molecule has 0 amide bonds. The number of hydrogen-bond donors (Lipinski definition) is 0. The first kappa shape index (κ1) is 20.0. The highest BCUT2D eigenvalue weighted by Gasteiger charge is 2.36. The normalized spacial score (nSPS) is 14.0. The third-order valence-electron chi connectivity index (χ3n) is 2.20. The molecule has 0 aliphatic rings. The van der Waals surface area contributed by atoms with Gasteiger partial charge in [-0.1, -0.05) is 12.2 Å². The number of thiocarbonyl (C=S) groups is 1. The maximum Gasteiger partial charge on any atom is 0.303 e. The number of ether oxygens (including phenoxy) is 4. The van der Waals surface area contributed by atoms with Crippen LogP contribution in [0.2, 0.25) is 0 Å². The molecular weight excluding hydrogens is 316 g/mol. The molecule has 0 aliphatic carbocycles. The molecule has 0 aromatic heterocycles. The van der Waals surface area contributed by atoms with Crippen molar-refractivity contribution in [1.82, 2.24) is 0 Å². The minimum Gasteiger partial charge on any atom is -0.462 e. The lowest BCUT2D eigenvalue weighted by molar-refractivity contribution is -0.183. The minimum absolute atomic E-state index is 0.381. The van der Waals surface area contributed by atoms with Crippen molar-refractivity contribution in [2.75, 3.05) is 6.61 Å². The second-order valence-corrected chi connectivity index (χ2v) is 4.51. The fourth-order valence-electron chi connectivity index (χ4n) is 1.52. The van der Waals surface area contributed by atoms with E-state index in [0.717, 1.165) is 33.1 Å². The van der Waals surface area contributed by atoms with Gasteiger partial charge >= 0.3 is 23.9 Å². The summed E-state index contributed by atoms with van der Waals surface area (Å²) in [5, 5.41) is 1.05. The lowest BCUT2D eigenvalue weighted by Crippen LogP contribution is -2.47. The van der Waals surface area contributed by atoms with Crippen LogP contribution < -0.4 is 0 Å². The summed E-state index contributed by atoms with van der Waals surface area (Å²) < 4.78 is 19.7. The van der Waals surface area contributed by atoms with E-state index in [1.165, 1.54) is 0 Å². The smallest absolute Gasteiger partial charge is 0.303 e. The van der Waals surface area contributed by atoms with Crippen LogP contribution in [-0.2, 0) is 38.1 Å². The molecule has 0 saturated heterocycles. The van der Waals surface area contributed by atoms with E-state index in [1.807, 2.05) is 0 Å². The summed E-state index contributed by atoms with van der Waals surface area (Å²) in [5.74, 6) is -2.69. The average Bonchev–Trinajstić information content (AvgIpc) is 2.37. The summed E-state index contributed by atoms with van der Waals surface area (Å²) >= 11 is 4.75. The van der Waals surface area contributed by atoms with E-state index in [-0.39, 0.29) is 6.61 Å². The van der Waals surface area contributed by atoms with Crippen molar-refractivity contribution in [2.45, 2.75) is 46.0 Å². The summed E-state index contributed by atoms with van der Waals surface area (Å²) in [6.07, 6.45) is -3.55. The van der Waals surface area contributed by atoms with Crippen LogP contribution in [0.4, 0.5) is 0 Å². The van der Waals surface area contributed by atoms with Crippen molar-refractivity contribution in [3.8, 4) is 0 Å². The fourth-order valence-corrected chi connectivity index (χ4v) is 1.73. The van der Waals surface area contributed by atoms with Crippen LogP contribution in [0.1, 0.15) is 27.7 Å². The highest BCUT2D eigenvalue weighted by Crippen LogP contribution is 2.14. The molecule has 0 rings (SSSR count). The van der Waals surface area contributed by atoms with E-state index < -0.39 is 42.2 Å². The van der Waals surface area contributed by atoms with Gasteiger partial charge < -0.3 is 18.9 Å². The third kappa shape index (κ3) is 8.30. The topological polar surface area (TPSA) is 105 Å². The Kier molecular flexibility index (Phi) is 8.92. The van der Waals surface area contributed by atoms with Crippen molar-refractivity contribution >= 4 is 41.5 Å². The van der Waals surface area contributed by atoms with Crippen LogP contribution in [0.25, 0.3) is 0 Å². The van der Waals surface area contributed by atoms with Gasteiger partial charge in [0.25, 0.3) is 0 Å². The Bertz CT molecular complexity index is 447. The molecule has 0 radical (unpaired) electrons. The molecule has 0 aromatic carbocycles. The van der Waals surface area contributed by atoms with Crippen molar-refractivity contribution in [2.24, 2.45) is 0 Å². The molecule has 0 aliphatic heterocycles. The molecule has 0 heterocycles. The van der Waals surface area contributed by atoms with Gasteiger partial charge in [-0.15, -0.1) is 0 Å². The zero-order valence-corrected chi connectivity index (χ0v) is 13.5. The van der Waals surface area contributed by atoms with Gasteiger partial charge in [0.15, 0.2) is 18.3 Å². The molecule has 3 atom stereocenters. The second-order valence-electron chi connectivity index (χ2n) is 4.23. The Morgan fingerprint density at radius 3 is 1.73 bits per heavy atom. The summed E-state index contributed by atoms with van der Waals surface area (Å²) in [6.45, 7) is 4.17. The maximum atomic E-state index is 11.2. The Hall–Kier alpha value is -2.03. The summed E-state index contributed by atoms with van der Waals surface area (Å²) in [7, 11) is 0. The Balaban J connectivity index is 5.35. The number of esters is 4. The second kappa shape index (κ2) is 9.82. The van der Waals surface area contributed by atoms with Crippen molar-refractivity contribution in [3.63, 3.8) is 0 Å². The van der Waals surface area contributed by atoms with E-state index >= 15 is 0 Å². The summed E-state index contributed by atoms with van der Waals surface area (Å²) in [4.78, 5) is 44.4. The van der Waals surface area contributed by atoms with Crippen LogP contribution in [0.15, 0.2) is 0 Å². The van der Waals surface area contributed by atoms with Crippen LogP contribution in [-0.4, -0.2) is 54.2 Å². The van der Waals surface area contributed by atoms with E-state index in [2.05, 4.69) is 0 Å². The largest absolute Gasteiger partial charge is 0.462 e. The quantitative estimate of drug-likeness (QED) is 0.353. The number of carbonyl (C=O) groups is 4. The highest BCUT2D eigenvalue weighted by atomic mass is 32.1. The molecule has 8 nitrogen and oxygen atoms in total. The molecule has 0 unspecified atom stereocenters. The molecule has 0 bridgehead atoms. The van der Waals surface area contributed by atoms with Crippen LogP contribution in [0, 0.1) is 0 Å². The lowest BCUT2D eigenvalue weighted by Gasteiger charge is -2.29. The standard InChI is InChI=1S/C13H18O8S/c1-7(14)18-5-11(19-8(2)15)13(21-10(4)17)12(6-22)20-9(3)16/h6,11-13H,5H2,1-4H3/t11-,12+,13+/m1/s1. The molecule has 0 aromatic rings. The monoisotopic (exact) mass is 334 g/mol. The third-order valence-corrected chi connectivity index (χ3v) is 2.46. The van der Waals surface area contributed by atoms with Crippen molar-refractivity contribution in [1.29, 1.82) is 0 Å². The Morgan fingerprint density at radius 2 is 1.36 bits per heavy atom. The van der Waals surface area contributed by atoms with Gasteiger partial charge in [0, 0.05) is 33.1 Å². The van der Waals surface area contributed by atoms with Gasteiger partial charge in [-0.2, -0.15) is 0 Å². The van der Waals surface area contributed by atoms with Gasteiger partial charge in [0.1, 0.15) is 6.61 Å². The van der Waals surface area contributed by atoms with Gasteiger partial charge in [-0.3, -0.25) is 19.2 Å². The minimum atomic E-state index is -1.23. The van der Waals surface area contributed by atoms with Crippen LogP contribution in [0.3, 0.4) is 0 Å². The molecule has 0 fully saturated rings. The summed E-state index contributed by atoms with van der Waals surface area (Å²) in [6, 6.07) is 0. The highest BCUT2D eigenvalue weighted by molar-refractivity contribution is 7.79. The van der Waals surface area contributed by atoms with Crippen LogP contribution in [0.5, 0.6) is 0 Å². The molecule has 0 N–H and O–H groups in total. The van der Waals surface area contributed by atoms with E-state index in [9.17, 15) is 19.2 Å². The van der Waals surface area contributed by atoms with Gasteiger partial charge in [0.2, 0.25) is 0 Å². The van der Waals surface area contributed by atoms with E-state index in [0.29, 0.717) is 0 Å². The Morgan fingerprint density at radius 1 is 0.864 bits per heavy atom. The zero-order chi connectivity index (χ0) is 17.3. The Labute approximate surface area is 133 Å². The predicted octanol–water partition coefficient (Wildman–Crippen LogP) is 0.344. The molecule has 124 valence electrons. The molecule has 22 heavy (non-hydrogen) atoms. The molecule has 0 spiro atoms. The van der Waals surface area contributed by atoms with Crippen LogP contribution >= 0.6 is 12.2 Å². The maximum absolute atomic E-state index is 11.2. The lowest BCUT2D eigenvalue weighted by atomic mass is 10.1. The molecular formula is C13H18O8S. The average molecular weight is 334 g/mol. The first-order valence-electron chi connectivity index (χ1n) is 6.27. The number of carbonyl (C=O) groups excluding carboxylic acids is 4. The molecule has 9 heteroatoms. The summed E-state index contributed by atoms with van der Waals surface area (Å²) in [5.41, 5.74) is 0. The SMILES string of the molecule is CC(=O)OC[C@@H](OC(C)=O)[C@H](OC(C)=O)[C@H](C=S)OC(C)=O. The number of rotatable bonds is 8. The van der Waals surface area contributed by atoms with Gasteiger partial charge in [0.05, 0.1) is 0 Å². The first-order chi connectivity index (χ1) is 10.2. The van der Waals surface area contributed by atoms with Gasteiger partial charge in [-0.25, -0.2) is 0 Å². The van der Waals surface area contributed by atoms with Crippen molar-refractivity contribution < 1.29 is 38.1 Å². The molecule has 0 saturated carbocycles. The zero-order valence-electron chi connectivity index (χ0n) is 12.7. The fraction of sp³-hybridized carbons (Fsp3) is 0.615. The predicted molar refractivity (Wildman–Crippen MR) is 77.0 cm³/mol. The first-order valence-corrected chi connectivity index (χ1v) is 6.74. The van der Waals surface area contributed by atoms with Gasteiger partial charge in [-0.05, 0) is 0 Å².